The van der Waals surface area contributed by atoms with Crippen LogP contribution in [0.3, 0.4) is 0 Å². The van der Waals surface area contributed by atoms with Gasteiger partial charge < -0.3 is 15.1 Å². The highest BCUT2D eigenvalue weighted by atomic mass is 16.2. The third-order valence-corrected chi connectivity index (χ3v) is 4.12. The van der Waals surface area contributed by atoms with Gasteiger partial charge in [-0.2, -0.15) is 0 Å². The predicted molar refractivity (Wildman–Crippen MR) is 86.1 cm³/mol. The van der Waals surface area contributed by atoms with Crippen LogP contribution >= 0.6 is 0 Å². The molecule has 1 atom stereocenters. The van der Waals surface area contributed by atoms with E-state index >= 15 is 0 Å². The summed E-state index contributed by atoms with van der Waals surface area (Å²) in [7, 11) is 3.83. The largest absolute Gasteiger partial charge is 0.355 e. The van der Waals surface area contributed by atoms with Crippen LogP contribution in [-0.2, 0) is 16.1 Å². The number of hydrogen-bond donors (Lipinski definition) is 1. The van der Waals surface area contributed by atoms with E-state index in [2.05, 4.69) is 22.3 Å². The summed E-state index contributed by atoms with van der Waals surface area (Å²) < 4.78 is 0. The number of carbonyl (C=O) groups is 2. The molecule has 1 saturated heterocycles. The monoisotopic (exact) mass is 303 g/mol. The van der Waals surface area contributed by atoms with E-state index < -0.39 is 0 Å². The first-order chi connectivity index (χ1) is 10.6. The van der Waals surface area contributed by atoms with E-state index in [1.54, 1.807) is 11.9 Å². The number of piperidine rings is 1. The van der Waals surface area contributed by atoms with Gasteiger partial charge in [-0.3, -0.25) is 9.59 Å². The molecule has 1 aliphatic rings. The number of hydrogen-bond acceptors (Lipinski definition) is 3. The first-order valence-corrected chi connectivity index (χ1v) is 7.80. The Morgan fingerprint density at radius 2 is 2.09 bits per heavy atom. The Hall–Kier alpha value is -1.88. The van der Waals surface area contributed by atoms with Crippen molar-refractivity contribution in [2.45, 2.75) is 19.4 Å². The average Bonchev–Trinajstić information content (AvgIpc) is 2.51. The van der Waals surface area contributed by atoms with Crippen LogP contribution in [0.15, 0.2) is 30.3 Å². The summed E-state index contributed by atoms with van der Waals surface area (Å²) in [6.07, 6.45) is 1.09. The number of likely N-dealkylation sites (N-methyl/N-ethyl adjacent to an activating group) is 1. The fourth-order valence-corrected chi connectivity index (χ4v) is 2.66. The molecule has 120 valence electrons. The maximum atomic E-state index is 12.1. The van der Waals surface area contributed by atoms with Crippen molar-refractivity contribution in [2.75, 3.05) is 33.7 Å². The summed E-state index contributed by atoms with van der Waals surface area (Å²) in [5.41, 5.74) is 1.26. The van der Waals surface area contributed by atoms with Gasteiger partial charge in [0.15, 0.2) is 0 Å². The summed E-state index contributed by atoms with van der Waals surface area (Å²) in [5, 5.41) is 2.95. The Balaban J connectivity index is 1.67. The lowest BCUT2D eigenvalue weighted by Gasteiger charge is -2.28. The van der Waals surface area contributed by atoms with E-state index in [4.69, 9.17) is 0 Å². The van der Waals surface area contributed by atoms with Crippen LogP contribution in [-0.4, -0.2) is 55.3 Å². The van der Waals surface area contributed by atoms with E-state index in [9.17, 15) is 9.59 Å². The minimum atomic E-state index is -0.164. The van der Waals surface area contributed by atoms with Gasteiger partial charge >= 0.3 is 0 Å². The van der Waals surface area contributed by atoms with Gasteiger partial charge in [0.1, 0.15) is 0 Å². The molecule has 5 nitrogen and oxygen atoms in total. The van der Waals surface area contributed by atoms with Crippen LogP contribution in [0, 0.1) is 5.92 Å². The molecule has 0 aliphatic carbocycles. The van der Waals surface area contributed by atoms with Gasteiger partial charge in [0, 0.05) is 45.6 Å². The van der Waals surface area contributed by atoms with Crippen molar-refractivity contribution < 1.29 is 9.59 Å². The van der Waals surface area contributed by atoms with Crippen molar-refractivity contribution in [3.05, 3.63) is 35.9 Å². The Morgan fingerprint density at radius 1 is 1.36 bits per heavy atom. The Labute approximate surface area is 132 Å². The van der Waals surface area contributed by atoms with E-state index in [1.807, 2.05) is 25.2 Å². The smallest absolute Gasteiger partial charge is 0.223 e. The normalized spacial score (nSPS) is 18.6. The van der Waals surface area contributed by atoms with E-state index in [0.717, 1.165) is 19.5 Å². The van der Waals surface area contributed by atoms with Gasteiger partial charge in [-0.15, -0.1) is 0 Å². The minimum absolute atomic E-state index is 0.00885. The first kappa shape index (κ1) is 16.5. The molecule has 1 fully saturated rings. The molecule has 0 aromatic heterocycles. The van der Waals surface area contributed by atoms with Crippen molar-refractivity contribution in [2.24, 2.45) is 5.92 Å². The van der Waals surface area contributed by atoms with Gasteiger partial charge in [0.25, 0.3) is 0 Å². The van der Waals surface area contributed by atoms with Gasteiger partial charge in [-0.1, -0.05) is 30.3 Å². The maximum absolute atomic E-state index is 12.1. The lowest BCUT2D eigenvalue weighted by atomic mass is 9.96. The maximum Gasteiger partial charge on any atom is 0.223 e. The standard InChI is InChI=1S/C17H25N3O2/c1-19(13-14-6-4-3-5-7-14)11-9-18-17(22)15-8-10-20(2)16(21)12-15/h3-7,15H,8-13H2,1-2H3,(H,18,22). The fraction of sp³-hybridized carbons (Fsp3) is 0.529. The number of benzene rings is 1. The molecule has 1 unspecified atom stereocenters. The molecular formula is C17H25N3O2. The quantitative estimate of drug-likeness (QED) is 0.856. The van der Waals surface area contributed by atoms with E-state index in [0.29, 0.717) is 19.5 Å². The van der Waals surface area contributed by atoms with Crippen LogP contribution in [0.4, 0.5) is 0 Å². The number of rotatable bonds is 6. The van der Waals surface area contributed by atoms with Crippen molar-refractivity contribution >= 4 is 11.8 Å². The molecule has 1 N–H and O–H groups in total. The lowest BCUT2D eigenvalue weighted by Crippen LogP contribution is -2.43. The highest BCUT2D eigenvalue weighted by Crippen LogP contribution is 2.17. The number of nitrogens with one attached hydrogen (secondary N) is 1. The highest BCUT2D eigenvalue weighted by Gasteiger charge is 2.28. The number of nitrogens with zero attached hydrogens (tertiary/aromatic N) is 2. The molecule has 2 amide bonds. The molecule has 1 heterocycles. The zero-order valence-electron chi connectivity index (χ0n) is 13.4. The molecule has 2 rings (SSSR count). The van der Waals surface area contributed by atoms with Gasteiger partial charge in [0.05, 0.1) is 0 Å². The molecule has 0 saturated carbocycles. The number of carbonyl (C=O) groups excluding carboxylic acids is 2. The van der Waals surface area contributed by atoms with Crippen LogP contribution < -0.4 is 5.32 Å². The average molecular weight is 303 g/mol. The summed E-state index contributed by atoms with van der Waals surface area (Å²) in [5.74, 6) is -0.0923. The van der Waals surface area contributed by atoms with Crippen LogP contribution in [0.2, 0.25) is 0 Å². The number of amides is 2. The van der Waals surface area contributed by atoms with Gasteiger partial charge in [0.2, 0.25) is 11.8 Å². The third kappa shape index (κ3) is 4.84. The van der Waals surface area contributed by atoms with Crippen molar-refractivity contribution in [1.82, 2.24) is 15.1 Å². The Bertz CT molecular complexity index is 504. The SMILES string of the molecule is CN(CCNC(=O)C1CCN(C)C(=O)C1)Cc1ccccc1. The Morgan fingerprint density at radius 3 is 2.77 bits per heavy atom. The molecule has 1 aromatic rings. The predicted octanol–water partition coefficient (Wildman–Crippen LogP) is 1.10. The summed E-state index contributed by atoms with van der Waals surface area (Å²) in [4.78, 5) is 27.6. The van der Waals surface area contributed by atoms with E-state index in [-0.39, 0.29) is 17.7 Å². The zero-order chi connectivity index (χ0) is 15.9. The van der Waals surface area contributed by atoms with Crippen molar-refractivity contribution in [1.29, 1.82) is 0 Å². The van der Waals surface area contributed by atoms with Crippen molar-refractivity contribution in [3.63, 3.8) is 0 Å². The highest BCUT2D eigenvalue weighted by molar-refractivity contribution is 5.86. The lowest BCUT2D eigenvalue weighted by molar-refractivity contribution is -0.139. The van der Waals surface area contributed by atoms with Crippen LogP contribution in [0.25, 0.3) is 0 Å². The summed E-state index contributed by atoms with van der Waals surface area (Å²) >= 11 is 0. The zero-order valence-corrected chi connectivity index (χ0v) is 13.4. The molecule has 0 bridgehead atoms. The summed E-state index contributed by atoms with van der Waals surface area (Å²) in [6, 6.07) is 10.3. The van der Waals surface area contributed by atoms with E-state index in [1.165, 1.54) is 5.56 Å². The molecule has 0 spiro atoms. The Kier molecular flexibility index (Phi) is 5.95. The summed E-state index contributed by atoms with van der Waals surface area (Å²) in [6.45, 7) is 2.94. The topological polar surface area (TPSA) is 52.7 Å². The molecule has 5 heteroatoms. The molecule has 1 aromatic carbocycles. The minimum Gasteiger partial charge on any atom is -0.355 e. The third-order valence-electron chi connectivity index (χ3n) is 4.12. The molecule has 22 heavy (non-hydrogen) atoms. The van der Waals surface area contributed by atoms with Crippen LogP contribution in [0.1, 0.15) is 18.4 Å². The van der Waals surface area contributed by atoms with Crippen molar-refractivity contribution in [3.8, 4) is 0 Å². The van der Waals surface area contributed by atoms with Gasteiger partial charge in [-0.25, -0.2) is 0 Å². The molecule has 1 aliphatic heterocycles. The second-order valence-electron chi connectivity index (χ2n) is 6.02. The number of likely N-dealkylation sites (tertiary alicyclic amines) is 1. The van der Waals surface area contributed by atoms with Crippen LogP contribution in [0.5, 0.6) is 0 Å². The fourth-order valence-electron chi connectivity index (χ4n) is 2.66. The first-order valence-electron chi connectivity index (χ1n) is 7.80. The molecule has 0 radical (unpaired) electrons. The molecular weight excluding hydrogens is 278 g/mol. The van der Waals surface area contributed by atoms with Gasteiger partial charge in [-0.05, 0) is 19.0 Å². The second kappa shape index (κ2) is 7.94. The second-order valence-corrected chi connectivity index (χ2v) is 6.02.